The predicted octanol–water partition coefficient (Wildman–Crippen LogP) is 2.64. The quantitative estimate of drug-likeness (QED) is 0.688. The molecule has 18 heavy (non-hydrogen) atoms. The van der Waals surface area contributed by atoms with Crippen molar-refractivity contribution in [3.63, 3.8) is 0 Å². The Morgan fingerprint density at radius 2 is 1.39 bits per heavy atom. The first kappa shape index (κ1) is 14.6. The first-order valence-electron chi connectivity index (χ1n) is 6.27. The van der Waals surface area contributed by atoms with E-state index < -0.39 is 0 Å². The molecule has 0 saturated carbocycles. The van der Waals surface area contributed by atoms with Gasteiger partial charge in [-0.2, -0.15) is 0 Å². The summed E-state index contributed by atoms with van der Waals surface area (Å²) in [5, 5.41) is 8.66. The zero-order valence-corrected chi connectivity index (χ0v) is 11.1. The van der Waals surface area contributed by atoms with Crippen molar-refractivity contribution in [2.45, 2.75) is 25.7 Å². The van der Waals surface area contributed by atoms with Gasteiger partial charge < -0.3 is 19.3 Å². The Morgan fingerprint density at radius 3 is 1.94 bits per heavy atom. The van der Waals surface area contributed by atoms with Crippen LogP contribution in [0.1, 0.15) is 25.7 Å². The maximum Gasteiger partial charge on any atom is 0.126 e. The first-order chi connectivity index (χ1) is 8.80. The smallest absolute Gasteiger partial charge is 0.126 e. The van der Waals surface area contributed by atoms with Crippen LogP contribution in [0.3, 0.4) is 0 Å². The van der Waals surface area contributed by atoms with E-state index in [1.54, 1.807) is 14.2 Å². The highest BCUT2D eigenvalue weighted by Gasteiger charge is 2.02. The van der Waals surface area contributed by atoms with Gasteiger partial charge in [-0.1, -0.05) is 6.42 Å². The molecule has 1 rings (SSSR count). The Kier molecular flexibility index (Phi) is 7.03. The number of rotatable bonds is 9. The molecule has 0 spiro atoms. The average Bonchev–Trinajstić information content (AvgIpc) is 2.42. The summed E-state index contributed by atoms with van der Waals surface area (Å²) < 4.78 is 16.0. The molecule has 0 aromatic heterocycles. The van der Waals surface area contributed by atoms with Crippen LogP contribution in [0.15, 0.2) is 18.2 Å². The third-order valence-electron chi connectivity index (χ3n) is 2.65. The van der Waals surface area contributed by atoms with E-state index in [2.05, 4.69) is 0 Å². The third-order valence-corrected chi connectivity index (χ3v) is 2.65. The number of unbranched alkanes of at least 4 members (excludes halogenated alkanes) is 3. The molecule has 1 aromatic rings. The van der Waals surface area contributed by atoms with Crippen LogP contribution in [-0.4, -0.2) is 32.5 Å². The summed E-state index contributed by atoms with van der Waals surface area (Å²) in [7, 11) is 3.24. The third kappa shape index (κ3) is 5.27. The van der Waals surface area contributed by atoms with Crippen molar-refractivity contribution >= 4 is 0 Å². The van der Waals surface area contributed by atoms with Gasteiger partial charge in [0.15, 0.2) is 0 Å². The van der Waals surface area contributed by atoms with Crippen LogP contribution in [0.2, 0.25) is 0 Å². The van der Waals surface area contributed by atoms with Gasteiger partial charge in [0.1, 0.15) is 17.2 Å². The topological polar surface area (TPSA) is 47.9 Å². The number of hydrogen-bond acceptors (Lipinski definition) is 4. The first-order valence-corrected chi connectivity index (χ1v) is 6.27. The number of hydrogen-bond donors (Lipinski definition) is 1. The Labute approximate surface area is 108 Å². The molecule has 0 atom stereocenters. The van der Waals surface area contributed by atoms with Gasteiger partial charge in [0.2, 0.25) is 0 Å². The number of aliphatic hydroxyl groups is 1. The van der Waals surface area contributed by atoms with Gasteiger partial charge in [-0.05, 0) is 19.3 Å². The molecule has 0 fully saturated rings. The van der Waals surface area contributed by atoms with Gasteiger partial charge in [0, 0.05) is 24.8 Å². The highest BCUT2D eigenvalue weighted by Crippen LogP contribution is 2.27. The van der Waals surface area contributed by atoms with Crippen molar-refractivity contribution < 1.29 is 19.3 Å². The molecule has 0 unspecified atom stereocenters. The van der Waals surface area contributed by atoms with E-state index in [9.17, 15) is 0 Å². The number of benzene rings is 1. The zero-order chi connectivity index (χ0) is 13.2. The fourth-order valence-electron chi connectivity index (χ4n) is 1.62. The van der Waals surface area contributed by atoms with Crippen molar-refractivity contribution in [3.8, 4) is 17.2 Å². The van der Waals surface area contributed by atoms with Crippen LogP contribution in [0.4, 0.5) is 0 Å². The molecule has 0 aliphatic carbocycles. The minimum Gasteiger partial charge on any atom is -0.496 e. The number of ether oxygens (including phenoxy) is 3. The van der Waals surface area contributed by atoms with Gasteiger partial charge >= 0.3 is 0 Å². The van der Waals surface area contributed by atoms with E-state index in [1.807, 2.05) is 18.2 Å². The van der Waals surface area contributed by atoms with E-state index in [0.717, 1.165) is 42.9 Å². The van der Waals surface area contributed by atoms with Crippen molar-refractivity contribution in [3.05, 3.63) is 18.2 Å². The summed E-state index contributed by atoms with van der Waals surface area (Å²) in [6, 6.07) is 5.50. The van der Waals surface area contributed by atoms with E-state index in [1.165, 1.54) is 0 Å². The molecule has 0 saturated heterocycles. The molecule has 4 nitrogen and oxygen atoms in total. The molecule has 1 N–H and O–H groups in total. The lowest BCUT2D eigenvalue weighted by Crippen LogP contribution is -1.98. The molecule has 0 amide bonds. The van der Waals surface area contributed by atoms with Gasteiger partial charge in [-0.3, -0.25) is 0 Å². The highest BCUT2D eigenvalue weighted by molar-refractivity contribution is 5.41. The molecule has 102 valence electrons. The fourth-order valence-corrected chi connectivity index (χ4v) is 1.62. The van der Waals surface area contributed by atoms with Crippen molar-refractivity contribution in [1.82, 2.24) is 0 Å². The normalized spacial score (nSPS) is 10.2. The summed E-state index contributed by atoms with van der Waals surface area (Å²) in [4.78, 5) is 0. The molecule has 0 aliphatic heterocycles. The second kappa shape index (κ2) is 8.64. The number of aliphatic hydroxyl groups excluding tert-OH is 1. The van der Waals surface area contributed by atoms with Crippen molar-refractivity contribution in [2.75, 3.05) is 27.4 Å². The standard InChI is InChI=1S/C14H22O4/c1-16-12-9-13(17-2)11-14(10-12)18-8-6-4-3-5-7-15/h9-11,15H,3-8H2,1-2H3. The molecule has 0 aliphatic rings. The van der Waals surface area contributed by atoms with Crippen molar-refractivity contribution in [2.24, 2.45) is 0 Å². The molecule has 4 heteroatoms. The summed E-state index contributed by atoms with van der Waals surface area (Å²) >= 11 is 0. The molecule has 0 radical (unpaired) electrons. The van der Waals surface area contributed by atoms with Gasteiger partial charge in [-0.25, -0.2) is 0 Å². The lowest BCUT2D eigenvalue weighted by atomic mass is 10.2. The summed E-state index contributed by atoms with van der Waals surface area (Å²) in [5.74, 6) is 2.21. The average molecular weight is 254 g/mol. The maximum atomic E-state index is 8.66. The molecule has 0 bridgehead atoms. The lowest BCUT2D eigenvalue weighted by molar-refractivity contribution is 0.272. The summed E-state index contributed by atoms with van der Waals surface area (Å²) in [6.45, 7) is 0.940. The second-order valence-electron chi connectivity index (χ2n) is 4.03. The molecular formula is C14H22O4. The Balaban J connectivity index is 2.36. The Hall–Kier alpha value is -1.42. The monoisotopic (exact) mass is 254 g/mol. The number of methoxy groups -OCH3 is 2. The molecular weight excluding hydrogens is 232 g/mol. The van der Waals surface area contributed by atoms with Gasteiger partial charge in [0.25, 0.3) is 0 Å². The van der Waals surface area contributed by atoms with Gasteiger partial charge in [-0.15, -0.1) is 0 Å². The zero-order valence-electron chi connectivity index (χ0n) is 11.1. The summed E-state index contributed by atoms with van der Waals surface area (Å²) in [6.07, 6.45) is 3.97. The maximum absolute atomic E-state index is 8.66. The van der Waals surface area contributed by atoms with Crippen LogP contribution in [0.5, 0.6) is 17.2 Å². The second-order valence-corrected chi connectivity index (χ2v) is 4.03. The van der Waals surface area contributed by atoms with Gasteiger partial charge in [0.05, 0.1) is 20.8 Å². The minimum atomic E-state index is 0.272. The minimum absolute atomic E-state index is 0.272. The van der Waals surface area contributed by atoms with E-state index >= 15 is 0 Å². The lowest BCUT2D eigenvalue weighted by Gasteiger charge is -2.10. The largest absolute Gasteiger partial charge is 0.496 e. The van der Waals surface area contributed by atoms with Crippen LogP contribution in [-0.2, 0) is 0 Å². The SMILES string of the molecule is COc1cc(OC)cc(OCCCCCCO)c1. The molecule has 1 aromatic carbocycles. The predicted molar refractivity (Wildman–Crippen MR) is 70.6 cm³/mol. The highest BCUT2D eigenvalue weighted by atomic mass is 16.5. The van der Waals surface area contributed by atoms with Crippen LogP contribution >= 0.6 is 0 Å². The molecule has 0 heterocycles. The Morgan fingerprint density at radius 1 is 0.833 bits per heavy atom. The van der Waals surface area contributed by atoms with Crippen molar-refractivity contribution in [1.29, 1.82) is 0 Å². The van der Waals surface area contributed by atoms with E-state index in [-0.39, 0.29) is 6.61 Å². The van der Waals surface area contributed by atoms with Crippen LogP contribution in [0.25, 0.3) is 0 Å². The van der Waals surface area contributed by atoms with Crippen LogP contribution < -0.4 is 14.2 Å². The summed E-state index contributed by atoms with van der Waals surface area (Å²) in [5.41, 5.74) is 0. The van der Waals surface area contributed by atoms with E-state index in [0.29, 0.717) is 6.61 Å². The van der Waals surface area contributed by atoms with E-state index in [4.69, 9.17) is 19.3 Å². The fraction of sp³-hybridized carbons (Fsp3) is 0.571. The van der Waals surface area contributed by atoms with Crippen LogP contribution in [0, 0.1) is 0 Å². The Bertz CT molecular complexity index is 316.